The highest BCUT2D eigenvalue weighted by Crippen LogP contribution is 2.36. The summed E-state index contributed by atoms with van der Waals surface area (Å²) < 4.78 is 0. The highest BCUT2D eigenvalue weighted by Gasteiger charge is 2.30. The van der Waals surface area contributed by atoms with Crippen LogP contribution in [0.15, 0.2) is 48.8 Å². The molecule has 0 spiro atoms. The van der Waals surface area contributed by atoms with Crippen LogP contribution >= 0.6 is 11.6 Å². The van der Waals surface area contributed by atoms with Gasteiger partial charge < -0.3 is 4.98 Å². The van der Waals surface area contributed by atoms with Gasteiger partial charge >= 0.3 is 0 Å². The molecule has 0 amide bonds. The predicted molar refractivity (Wildman–Crippen MR) is 87.8 cm³/mol. The van der Waals surface area contributed by atoms with E-state index in [1.165, 1.54) is 5.56 Å². The summed E-state index contributed by atoms with van der Waals surface area (Å²) in [5.41, 5.74) is 3.14. The van der Waals surface area contributed by atoms with Crippen molar-refractivity contribution in [1.29, 1.82) is 0 Å². The minimum Gasteiger partial charge on any atom is -0.359 e. The van der Waals surface area contributed by atoms with Crippen LogP contribution in [0.25, 0.3) is 11.0 Å². The highest BCUT2D eigenvalue weighted by molar-refractivity contribution is 6.20. The number of rotatable bonds is 2. The Balaban J connectivity index is 1.63. The number of nitrogens with zero attached hydrogens (tertiary/aromatic N) is 2. The summed E-state index contributed by atoms with van der Waals surface area (Å²) in [6.45, 7) is 0. The quantitative estimate of drug-likeness (QED) is 0.560. The van der Waals surface area contributed by atoms with Crippen LogP contribution in [0.4, 0.5) is 0 Å². The summed E-state index contributed by atoms with van der Waals surface area (Å²) in [6, 6.07) is 12.7. The van der Waals surface area contributed by atoms with Crippen molar-refractivity contribution in [3.8, 4) is 0 Å². The van der Waals surface area contributed by atoms with Crippen molar-refractivity contribution in [2.75, 3.05) is 0 Å². The van der Waals surface area contributed by atoms with Crippen molar-refractivity contribution in [2.24, 2.45) is 0 Å². The van der Waals surface area contributed by atoms with Crippen LogP contribution in [0.2, 0.25) is 0 Å². The Bertz CT molecular complexity index is 770. The van der Waals surface area contributed by atoms with E-state index in [9.17, 15) is 0 Å². The summed E-state index contributed by atoms with van der Waals surface area (Å²) >= 11 is 6.43. The molecule has 0 aliphatic carbocycles. The van der Waals surface area contributed by atoms with Gasteiger partial charge in [0.25, 0.3) is 0 Å². The van der Waals surface area contributed by atoms with Crippen LogP contribution in [0.3, 0.4) is 0 Å². The van der Waals surface area contributed by atoms with E-state index in [4.69, 9.17) is 16.6 Å². The van der Waals surface area contributed by atoms with E-state index in [1.54, 1.807) is 0 Å². The zero-order valence-electron chi connectivity index (χ0n) is 12.0. The Hall–Kier alpha value is -1.91. The molecule has 3 atom stereocenters. The van der Waals surface area contributed by atoms with Crippen molar-refractivity contribution in [1.82, 2.24) is 20.3 Å². The molecule has 1 aromatic carbocycles. The number of halogens is 1. The van der Waals surface area contributed by atoms with Crippen LogP contribution in [-0.2, 0) is 0 Å². The molecule has 4 nitrogen and oxygen atoms in total. The summed E-state index contributed by atoms with van der Waals surface area (Å²) in [5, 5.41) is 3.47. The number of aromatic amines is 1. The first-order chi connectivity index (χ1) is 10.8. The Kier molecular flexibility index (Phi) is 3.56. The third-order valence-electron chi connectivity index (χ3n) is 4.28. The van der Waals surface area contributed by atoms with Crippen LogP contribution in [0.5, 0.6) is 0 Å². The molecule has 3 aromatic rings. The monoisotopic (exact) mass is 312 g/mol. The van der Waals surface area contributed by atoms with Crippen molar-refractivity contribution >= 4 is 22.6 Å². The van der Waals surface area contributed by atoms with Gasteiger partial charge in [-0.15, -0.1) is 11.6 Å². The molecule has 5 heteroatoms. The molecule has 1 fully saturated rings. The number of nitrogens with one attached hydrogen (secondary N) is 2. The third-order valence-corrected chi connectivity index (χ3v) is 4.58. The molecule has 0 radical (unpaired) electrons. The molecule has 1 aliphatic rings. The van der Waals surface area contributed by atoms with Gasteiger partial charge in [0.1, 0.15) is 5.82 Å². The third kappa shape index (κ3) is 2.60. The van der Waals surface area contributed by atoms with E-state index < -0.39 is 0 Å². The molecule has 3 heterocycles. The number of alkyl halides is 1. The van der Waals surface area contributed by atoms with Crippen LogP contribution in [0.1, 0.15) is 36.2 Å². The smallest absolute Gasteiger partial charge is 0.132 e. The first kappa shape index (κ1) is 13.7. The maximum absolute atomic E-state index is 6.43. The lowest BCUT2D eigenvalue weighted by Gasteiger charge is -2.33. The van der Waals surface area contributed by atoms with Gasteiger partial charge in [-0.2, -0.15) is 0 Å². The molecule has 3 unspecified atom stereocenters. The molecule has 2 N–H and O–H groups in total. The molecule has 2 aromatic heterocycles. The minimum atomic E-state index is -0.0607. The van der Waals surface area contributed by atoms with Crippen molar-refractivity contribution in [2.45, 2.75) is 30.3 Å². The number of hydrogen-bond acceptors (Lipinski definition) is 3. The lowest BCUT2D eigenvalue weighted by molar-refractivity contribution is 0.338. The lowest BCUT2D eigenvalue weighted by atomic mass is 9.88. The van der Waals surface area contributed by atoms with Gasteiger partial charge in [0.15, 0.2) is 0 Å². The summed E-state index contributed by atoms with van der Waals surface area (Å²) in [6.07, 6.45) is 5.56. The minimum absolute atomic E-state index is 0.0607. The number of piperidine rings is 1. The average Bonchev–Trinajstić information content (AvgIpc) is 3.02. The molecular weight excluding hydrogens is 296 g/mol. The van der Waals surface area contributed by atoms with E-state index in [0.717, 1.165) is 29.7 Å². The van der Waals surface area contributed by atoms with Gasteiger partial charge in [-0.25, -0.2) is 9.97 Å². The standard InChI is InChI=1S/C17H17ClN4/c18-16-9-12(8-14(21-16)11-4-2-1-3-5-11)17-20-10-15-13(22-17)6-7-19-15/h1-7,10,12,14,16,19,21H,8-9H2. The molecule has 112 valence electrons. The second kappa shape index (κ2) is 5.71. The predicted octanol–water partition coefficient (Wildman–Crippen LogP) is 3.73. The van der Waals surface area contributed by atoms with Gasteiger partial charge in [0, 0.05) is 18.2 Å². The second-order valence-electron chi connectivity index (χ2n) is 5.77. The molecule has 0 bridgehead atoms. The van der Waals surface area contributed by atoms with Crippen LogP contribution in [0, 0.1) is 0 Å². The van der Waals surface area contributed by atoms with Crippen LogP contribution in [-0.4, -0.2) is 20.5 Å². The number of aromatic nitrogens is 3. The lowest BCUT2D eigenvalue weighted by Crippen LogP contribution is -2.36. The Morgan fingerprint density at radius 3 is 2.82 bits per heavy atom. The fourth-order valence-corrected chi connectivity index (χ4v) is 3.54. The number of benzene rings is 1. The maximum Gasteiger partial charge on any atom is 0.132 e. The Morgan fingerprint density at radius 2 is 1.95 bits per heavy atom. The van der Waals surface area contributed by atoms with Crippen molar-refractivity contribution in [3.05, 3.63) is 60.2 Å². The summed E-state index contributed by atoms with van der Waals surface area (Å²) in [5.74, 6) is 1.16. The Labute approximate surface area is 133 Å². The van der Waals surface area contributed by atoms with Crippen LogP contribution < -0.4 is 5.32 Å². The fourth-order valence-electron chi connectivity index (χ4n) is 3.17. The van der Waals surface area contributed by atoms with E-state index in [2.05, 4.69) is 39.6 Å². The van der Waals surface area contributed by atoms with E-state index >= 15 is 0 Å². The van der Waals surface area contributed by atoms with E-state index in [-0.39, 0.29) is 17.5 Å². The number of hydrogen-bond donors (Lipinski definition) is 2. The van der Waals surface area contributed by atoms with Gasteiger partial charge in [-0.3, -0.25) is 5.32 Å². The second-order valence-corrected chi connectivity index (χ2v) is 6.30. The fraction of sp³-hybridized carbons (Fsp3) is 0.294. The van der Waals surface area contributed by atoms with Crippen molar-refractivity contribution < 1.29 is 0 Å². The van der Waals surface area contributed by atoms with Gasteiger partial charge in [-0.1, -0.05) is 30.3 Å². The maximum atomic E-state index is 6.43. The molecular formula is C17H17ClN4. The molecule has 1 aliphatic heterocycles. The van der Waals surface area contributed by atoms with E-state index in [1.807, 2.05) is 24.5 Å². The SMILES string of the molecule is ClC1CC(c2ncc3[nH]ccc3n2)CC(c2ccccc2)N1. The zero-order valence-corrected chi connectivity index (χ0v) is 12.8. The molecule has 4 rings (SSSR count). The average molecular weight is 313 g/mol. The largest absolute Gasteiger partial charge is 0.359 e. The first-order valence-electron chi connectivity index (χ1n) is 7.54. The molecule has 22 heavy (non-hydrogen) atoms. The van der Waals surface area contributed by atoms with E-state index in [0.29, 0.717) is 0 Å². The zero-order chi connectivity index (χ0) is 14.9. The summed E-state index contributed by atoms with van der Waals surface area (Å²) in [4.78, 5) is 12.4. The number of fused-ring (bicyclic) bond motifs is 1. The Morgan fingerprint density at radius 1 is 1.09 bits per heavy atom. The van der Waals surface area contributed by atoms with Gasteiger partial charge in [0.2, 0.25) is 0 Å². The van der Waals surface area contributed by atoms with Crippen molar-refractivity contribution in [3.63, 3.8) is 0 Å². The number of H-pyrrole nitrogens is 1. The summed E-state index contributed by atoms with van der Waals surface area (Å²) in [7, 11) is 0. The van der Waals surface area contributed by atoms with Gasteiger partial charge in [0.05, 0.1) is 22.7 Å². The highest BCUT2D eigenvalue weighted by atomic mass is 35.5. The first-order valence-corrected chi connectivity index (χ1v) is 7.98. The molecule has 1 saturated heterocycles. The molecule has 0 saturated carbocycles. The topological polar surface area (TPSA) is 53.6 Å². The normalized spacial score (nSPS) is 25.4. The van der Waals surface area contributed by atoms with Gasteiger partial charge in [-0.05, 0) is 24.5 Å².